The fourth-order valence-electron chi connectivity index (χ4n) is 3.80. The number of carbonyl (C=O) groups is 1. The molecule has 0 unspecified atom stereocenters. The maximum absolute atomic E-state index is 12.4. The Hall–Kier alpha value is -2.48. The molecule has 4 rings (SSSR count). The number of rotatable bonds is 4. The second kappa shape index (κ2) is 6.44. The Morgan fingerprint density at radius 2 is 2.16 bits per heavy atom. The molecule has 8 heteroatoms. The summed E-state index contributed by atoms with van der Waals surface area (Å²) < 4.78 is 1.93. The highest BCUT2D eigenvalue weighted by atomic mass is 16.2. The van der Waals surface area contributed by atoms with Crippen LogP contribution in [0.25, 0.3) is 0 Å². The molecule has 132 valence electrons. The van der Waals surface area contributed by atoms with E-state index in [2.05, 4.69) is 20.4 Å². The van der Waals surface area contributed by atoms with E-state index in [1.54, 1.807) is 13.1 Å². The average molecular weight is 342 g/mol. The van der Waals surface area contributed by atoms with E-state index in [4.69, 9.17) is 0 Å². The van der Waals surface area contributed by atoms with Crippen molar-refractivity contribution in [2.45, 2.75) is 51.7 Å². The Morgan fingerprint density at radius 3 is 2.96 bits per heavy atom. The zero-order valence-electron chi connectivity index (χ0n) is 14.3. The predicted octanol–water partition coefficient (Wildman–Crippen LogP) is 1.34. The van der Waals surface area contributed by atoms with Crippen molar-refractivity contribution in [1.82, 2.24) is 24.6 Å². The normalized spacial score (nSPS) is 17.8. The Kier molecular flexibility index (Phi) is 4.12. The lowest BCUT2D eigenvalue weighted by atomic mass is 10.2. The first-order valence-electron chi connectivity index (χ1n) is 8.74. The van der Waals surface area contributed by atoms with Crippen molar-refractivity contribution in [3.63, 3.8) is 0 Å². The topological polar surface area (TPSA) is 95.9 Å². The molecule has 3 heterocycles. The van der Waals surface area contributed by atoms with Crippen LogP contribution in [0.15, 0.2) is 17.1 Å². The van der Waals surface area contributed by atoms with Crippen LogP contribution >= 0.6 is 0 Å². The lowest BCUT2D eigenvalue weighted by Crippen LogP contribution is -2.30. The fraction of sp³-hybridized carbons (Fsp3) is 0.529. The molecule has 1 fully saturated rings. The van der Waals surface area contributed by atoms with Crippen LogP contribution in [-0.2, 0) is 17.9 Å². The van der Waals surface area contributed by atoms with Gasteiger partial charge in [0, 0.05) is 19.2 Å². The number of nitrogens with one attached hydrogen (secondary N) is 2. The summed E-state index contributed by atoms with van der Waals surface area (Å²) in [5, 5.41) is 7.33. The van der Waals surface area contributed by atoms with Gasteiger partial charge < -0.3 is 10.3 Å². The highest BCUT2D eigenvalue weighted by molar-refractivity contribution is 5.91. The number of aromatic amines is 1. The summed E-state index contributed by atoms with van der Waals surface area (Å²) in [5.74, 6) is 1.26. The number of aryl methyl sites for hydroxylation is 1. The van der Waals surface area contributed by atoms with E-state index >= 15 is 0 Å². The van der Waals surface area contributed by atoms with Gasteiger partial charge in [0.25, 0.3) is 5.56 Å². The molecule has 1 saturated carbocycles. The van der Waals surface area contributed by atoms with Gasteiger partial charge in [0.1, 0.15) is 11.6 Å². The number of nitrogens with zero attached hydrogens (tertiary/aromatic N) is 4. The van der Waals surface area contributed by atoms with Gasteiger partial charge >= 0.3 is 0 Å². The number of amides is 1. The second-order valence-corrected chi connectivity index (χ2v) is 6.87. The van der Waals surface area contributed by atoms with Crippen LogP contribution in [0.5, 0.6) is 0 Å². The lowest BCUT2D eigenvalue weighted by Gasteiger charge is -2.17. The van der Waals surface area contributed by atoms with Gasteiger partial charge in [-0.2, -0.15) is 5.10 Å². The number of fused-ring (bicyclic) bond motifs is 1. The van der Waals surface area contributed by atoms with Gasteiger partial charge in [-0.25, -0.2) is 9.67 Å². The van der Waals surface area contributed by atoms with Crippen molar-refractivity contribution in [3.05, 3.63) is 39.7 Å². The van der Waals surface area contributed by atoms with Gasteiger partial charge in [0.15, 0.2) is 0 Å². The zero-order valence-corrected chi connectivity index (χ0v) is 14.3. The first kappa shape index (κ1) is 16.0. The molecule has 8 nitrogen and oxygen atoms in total. The van der Waals surface area contributed by atoms with Crippen molar-refractivity contribution < 1.29 is 4.79 Å². The summed E-state index contributed by atoms with van der Waals surface area (Å²) in [6.07, 6.45) is 6.38. The summed E-state index contributed by atoms with van der Waals surface area (Å²) in [7, 11) is 0. The average Bonchev–Trinajstić information content (AvgIpc) is 3.26. The van der Waals surface area contributed by atoms with E-state index in [0.29, 0.717) is 30.5 Å². The Morgan fingerprint density at radius 1 is 1.36 bits per heavy atom. The van der Waals surface area contributed by atoms with Crippen LogP contribution < -0.4 is 10.9 Å². The highest BCUT2D eigenvalue weighted by Gasteiger charge is 2.26. The standard InChI is InChI=1S/C17H22N6O2/c1-11-19-14-9-22(8-13(14)17(25)20-11)10-16(24)21-15-6-7-18-23(15)12-4-2-3-5-12/h6-7,12H,2-5,8-10H2,1H3,(H,21,24)(H,19,20,25). The van der Waals surface area contributed by atoms with Crippen molar-refractivity contribution in [2.75, 3.05) is 11.9 Å². The van der Waals surface area contributed by atoms with Gasteiger partial charge in [0.05, 0.1) is 30.0 Å². The molecule has 0 atom stereocenters. The van der Waals surface area contributed by atoms with Gasteiger partial charge in [-0.3, -0.25) is 14.5 Å². The molecule has 1 aliphatic carbocycles. The lowest BCUT2D eigenvalue weighted by molar-refractivity contribution is -0.117. The quantitative estimate of drug-likeness (QED) is 0.874. The third-order valence-corrected chi connectivity index (χ3v) is 4.95. The van der Waals surface area contributed by atoms with Crippen molar-refractivity contribution in [2.24, 2.45) is 0 Å². The third kappa shape index (κ3) is 3.21. The van der Waals surface area contributed by atoms with Crippen molar-refractivity contribution in [1.29, 1.82) is 0 Å². The number of carbonyl (C=O) groups excluding carboxylic acids is 1. The number of aromatic nitrogens is 4. The minimum Gasteiger partial charge on any atom is -0.310 e. The van der Waals surface area contributed by atoms with Crippen LogP contribution in [0.2, 0.25) is 0 Å². The SMILES string of the molecule is Cc1nc2c(c(=O)[nH]1)CN(CC(=O)Nc1ccnn1C1CCCC1)C2. The summed E-state index contributed by atoms with van der Waals surface area (Å²) in [6.45, 7) is 2.97. The Balaban J connectivity index is 1.40. The smallest absolute Gasteiger partial charge is 0.255 e. The maximum atomic E-state index is 12.4. The summed E-state index contributed by atoms with van der Waals surface area (Å²) >= 11 is 0. The number of hydrogen-bond acceptors (Lipinski definition) is 5. The maximum Gasteiger partial charge on any atom is 0.255 e. The molecule has 25 heavy (non-hydrogen) atoms. The van der Waals surface area contributed by atoms with Crippen molar-refractivity contribution in [3.8, 4) is 0 Å². The van der Waals surface area contributed by atoms with E-state index in [1.807, 2.05) is 15.6 Å². The van der Waals surface area contributed by atoms with Crippen LogP contribution in [0.4, 0.5) is 5.82 Å². The summed E-state index contributed by atoms with van der Waals surface area (Å²) in [4.78, 5) is 33.4. The van der Waals surface area contributed by atoms with Crippen LogP contribution in [0.3, 0.4) is 0 Å². The van der Waals surface area contributed by atoms with E-state index in [-0.39, 0.29) is 18.0 Å². The highest BCUT2D eigenvalue weighted by Crippen LogP contribution is 2.31. The first-order chi connectivity index (χ1) is 12.1. The molecule has 2 N–H and O–H groups in total. The number of H-pyrrole nitrogens is 1. The van der Waals surface area contributed by atoms with E-state index in [1.165, 1.54) is 12.8 Å². The van der Waals surface area contributed by atoms with Crippen molar-refractivity contribution >= 4 is 11.7 Å². The minimum atomic E-state index is -0.107. The molecule has 1 amide bonds. The van der Waals surface area contributed by atoms with E-state index in [9.17, 15) is 9.59 Å². The monoisotopic (exact) mass is 342 g/mol. The Labute approximate surface area is 145 Å². The zero-order chi connectivity index (χ0) is 17.4. The van der Waals surface area contributed by atoms with E-state index < -0.39 is 0 Å². The van der Waals surface area contributed by atoms with Crippen LogP contribution in [-0.4, -0.2) is 37.1 Å². The number of anilines is 1. The second-order valence-electron chi connectivity index (χ2n) is 6.87. The van der Waals surface area contributed by atoms with E-state index in [0.717, 1.165) is 24.4 Å². The molecule has 0 spiro atoms. The molecule has 1 aliphatic heterocycles. The third-order valence-electron chi connectivity index (χ3n) is 4.95. The van der Waals surface area contributed by atoms with Gasteiger partial charge in [-0.1, -0.05) is 12.8 Å². The molecule has 2 aromatic heterocycles. The first-order valence-corrected chi connectivity index (χ1v) is 8.74. The van der Waals surface area contributed by atoms with Crippen LogP contribution in [0, 0.1) is 6.92 Å². The predicted molar refractivity (Wildman–Crippen MR) is 92.1 cm³/mol. The summed E-state index contributed by atoms with van der Waals surface area (Å²) in [5.41, 5.74) is 1.32. The Bertz CT molecular complexity index is 849. The molecule has 0 aromatic carbocycles. The van der Waals surface area contributed by atoms with Crippen LogP contribution in [0.1, 0.15) is 48.8 Å². The molecule has 0 bridgehead atoms. The molecular weight excluding hydrogens is 320 g/mol. The van der Waals surface area contributed by atoms with Gasteiger partial charge in [-0.15, -0.1) is 0 Å². The molecular formula is C17H22N6O2. The fourth-order valence-corrected chi connectivity index (χ4v) is 3.80. The molecule has 0 radical (unpaired) electrons. The van der Waals surface area contributed by atoms with Gasteiger partial charge in [-0.05, 0) is 19.8 Å². The molecule has 0 saturated heterocycles. The largest absolute Gasteiger partial charge is 0.310 e. The molecule has 2 aromatic rings. The number of hydrogen-bond donors (Lipinski definition) is 2. The molecule has 2 aliphatic rings. The van der Waals surface area contributed by atoms with Gasteiger partial charge in [0.2, 0.25) is 5.91 Å². The minimum absolute atomic E-state index is 0.0966. The summed E-state index contributed by atoms with van der Waals surface area (Å²) in [6, 6.07) is 2.22.